The fourth-order valence-corrected chi connectivity index (χ4v) is 2.65. The summed E-state index contributed by atoms with van der Waals surface area (Å²) in [7, 11) is 0. The molecule has 1 heterocycles. The summed E-state index contributed by atoms with van der Waals surface area (Å²) in [5.74, 6) is -0.507. The van der Waals surface area contributed by atoms with E-state index in [2.05, 4.69) is 10.3 Å². The predicted molar refractivity (Wildman–Crippen MR) is 97.9 cm³/mol. The Bertz CT molecular complexity index is 893. The molecule has 1 atom stereocenters. The highest BCUT2D eigenvalue weighted by molar-refractivity contribution is 5.95. The average molecular weight is 334 g/mol. The molecule has 0 aliphatic heterocycles. The number of nitrogens with one attached hydrogen (secondary N) is 1. The van der Waals surface area contributed by atoms with Crippen LogP contribution in [0.2, 0.25) is 0 Å². The quantitative estimate of drug-likeness (QED) is 0.734. The van der Waals surface area contributed by atoms with Gasteiger partial charge in [-0.2, -0.15) is 0 Å². The van der Waals surface area contributed by atoms with E-state index in [-0.39, 0.29) is 11.7 Å². The zero-order valence-electron chi connectivity index (χ0n) is 14.2. The van der Waals surface area contributed by atoms with E-state index < -0.39 is 5.92 Å². The van der Waals surface area contributed by atoms with Crippen molar-refractivity contribution in [3.63, 3.8) is 0 Å². The molecule has 25 heavy (non-hydrogen) atoms. The first-order chi connectivity index (χ1) is 12.1. The fourth-order valence-electron chi connectivity index (χ4n) is 2.65. The molecule has 0 fully saturated rings. The molecular weight excluding hydrogens is 315 g/mol. The number of aromatic nitrogens is 1. The van der Waals surface area contributed by atoms with Crippen molar-refractivity contribution >= 4 is 11.7 Å². The van der Waals surface area contributed by atoms with Gasteiger partial charge in [0.2, 0.25) is 5.91 Å². The lowest BCUT2D eigenvalue weighted by molar-refractivity contribution is -0.117. The molecule has 0 radical (unpaired) electrons. The summed E-state index contributed by atoms with van der Waals surface area (Å²) in [6.45, 7) is 3.63. The Kier molecular flexibility index (Phi) is 4.89. The van der Waals surface area contributed by atoms with Crippen LogP contribution in [-0.4, -0.2) is 10.9 Å². The third-order valence-corrected chi connectivity index (χ3v) is 4.22. The van der Waals surface area contributed by atoms with Gasteiger partial charge in [0.25, 0.3) is 0 Å². The van der Waals surface area contributed by atoms with Crippen molar-refractivity contribution in [3.05, 3.63) is 83.8 Å². The molecule has 3 aromatic rings. The minimum absolute atomic E-state index is 0.214. The molecule has 0 saturated carbocycles. The van der Waals surface area contributed by atoms with E-state index in [1.54, 1.807) is 25.3 Å². The molecule has 1 N–H and O–H groups in total. The van der Waals surface area contributed by atoms with Crippen LogP contribution in [0.1, 0.15) is 24.0 Å². The van der Waals surface area contributed by atoms with Crippen molar-refractivity contribution in [1.82, 2.24) is 4.98 Å². The second kappa shape index (κ2) is 7.26. The number of amides is 1. The van der Waals surface area contributed by atoms with Crippen molar-refractivity contribution in [2.24, 2.45) is 0 Å². The van der Waals surface area contributed by atoms with Crippen LogP contribution in [0.5, 0.6) is 0 Å². The summed E-state index contributed by atoms with van der Waals surface area (Å²) in [4.78, 5) is 16.6. The van der Waals surface area contributed by atoms with Crippen molar-refractivity contribution in [2.45, 2.75) is 19.8 Å². The molecule has 3 nitrogen and oxygen atoms in total. The van der Waals surface area contributed by atoms with Gasteiger partial charge in [0.05, 0.1) is 5.92 Å². The monoisotopic (exact) mass is 334 g/mol. The van der Waals surface area contributed by atoms with Gasteiger partial charge in [-0.15, -0.1) is 0 Å². The van der Waals surface area contributed by atoms with E-state index in [0.29, 0.717) is 16.9 Å². The molecule has 0 aliphatic carbocycles. The van der Waals surface area contributed by atoms with Gasteiger partial charge in [-0.3, -0.25) is 4.79 Å². The van der Waals surface area contributed by atoms with Crippen LogP contribution in [0.15, 0.2) is 66.9 Å². The Morgan fingerprint density at radius 2 is 1.84 bits per heavy atom. The van der Waals surface area contributed by atoms with Crippen LogP contribution in [0.4, 0.5) is 10.2 Å². The first kappa shape index (κ1) is 16.8. The zero-order valence-corrected chi connectivity index (χ0v) is 14.2. The minimum atomic E-state index is -0.485. The smallest absolute Gasteiger partial charge is 0.232 e. The number of benzene rings is 2. The highest BCUT2D eigenvalue weighted by Gasteiger charge is 2.18. The summed E-state index contributed by atoms with van der Waals surface area (Å²) in [5.41, 5.74) is 2.85. The van der Waals surface area contributed by atoms with Crippen LogP contribution in [0.25, 0.3) is 11.1 Å². The Morgan fingerprint density at radius 1 is 1.08 bits per heavy atom. The van der Waals surface area contributed by atoms with Gasteiger partial charge in [0.15, 0.2) is 0 Å². The molecule has 3 rings (SSSR count). The molecule has 0 aliphatic rings. The standard InChI is InChI=1S/C21H19FN2O/c1-14-7-6-12-23-20(14)24-21(25)15(2)17-10-11-18(19(22)13-17)16-8-4-3-5-9-16/h3-13,15H,1-2H3,(H,23,24,25)/t15-/m1/s1. The number of carbonyl (C=O) groups excluding carboxylic acids is 1. The van der Waals surface area contributed by atoms with Crippen LogP contribution in [0.3, 0.4) is 0 Å². The Hall–Kier alpha value is -3.01. The average Bonchev–Trinajstić information content (AvgIpc) is 2.63. The third-order valence-electron chi connectivity index (χ3n) is 4.22. The van der Waals surface area contributed by atoms with E-state index in [4.69, 9.17) is 0 Å². The number of nitrogens with zero attached hydrogens (tertiary/aromatic N) is 1. The number of aryl methyl sites for hydroxylation is 1. The molecule has 0 unspecified atom stereocenters. The van der Waals surface area contributed by atoms with Gasteiger partial charge < -0.3 is 5.32 Å². The summed E-state index contributed by atoms with van der Waals surface area (Å²) >= 11 is 0. The highest BCUT2D eigenvalue weighted by atomic mass is 19.1. The molecule has 0 bridgehead atoms. The maximum absolute atomic E-state index is 14.5. The van der Waals surface area contributed by atoms with Crippen LogP contribution in [0, 0.1) is 12.7 Å². The highest BCUT2D eigenvalue weighted by Crippen LogP contribution is 2.27. The molecule has 0 saturated heterocycles. The van der Waals surface area contributed by atoms with Crippen molar-refractivity contribution in [3.8, 4) is 11.1 Å². The van der Waals surface area contributed by atoms with Gasteiger partial charge in [0, 0.05) is 11.8 Å². The Labute approximate surface area is 146 Å². The number of hydrogen-bond acceptors (Lipinski definition) is 2. The molecular formula is C21H19FN2O. The van der Waals surface area contributed by atoms with Gasteiger partial charge in [-0.05, 0) is 42.7 Å². The van der Waals surface area contributed by atoms with E-state index in [9.17, 15) is 9.18 Å². The fraction of sp³-hybridized carbons (Fsp3) is 0.143. The van der Waals surface area contributed by atoms with Crippen LogP contribution < -0.4 is 5.32 Å². The van der Waals surface area contributed by atoms with Gasteiger partial charge in [-0.25, -0.2) is 9.37 Å². The molecule has 1 aromatic heterocycles. The number of carbonyl (C=O) groups is 1. The SMILES string of the molecule is Cc1cccnc1NC(=O)[C@H](C)c1ccc(-c2ccccc2)c(F)c1. The maximum Gasteiger partial charge on any atom is 0.232 e. The largest absolute Gasteiger partial charge is 0.310 e. The van der Waals surface area contributed by atoms with E-state index in [1.165, 1.54) is 6.07 Å². The zero-order chi connectivity index (χ0) is 17.8. The summed E-state index contributed by atoms with van der Waals surface area (Å²) in [6.07, 6.45) is 1.63. The minimum Gasteiger partial charge on any atom is -0.310 e. The molecule has 2 aromatic carbocycles. The van der Waals surface area contributed by atoms with E-state index in [0.717, 1.165) is 11.1 Å². The van der Waals surface area contributed by atoms with E-state index in [1.807, 2.05) is 49.4 Å². The molecule has 0 spiro atoms. The molecule has 126 valence electrons. The predicted octanol–water partition coefficient (Wildman–Crippen LogP) is 4.94. The molecule has 4 heteroatoms. The number of rotatable bonds is 4. The normalized spacial score (nSPS) is 11.8. The van der Waals surface area contributed by atoms with Crippen LogP contribution >= 0.6 is 0 Å². The van der Waals surface area contributed by atoms with Gasteiger partial charge in [0.1, 0.15) is 11.6 Å². The lowest BCUT2D eigenvalue weighted by Crippen LogP contribution is -2.20. The Balaban J connectivity index is 1.81. The van der Waals surface area contributed by atoms with E-state index >= 15 is 0 Å². The molecule has 1 amide bonds. The maximum atomic E-state index is 14.5. The van der Waals surface area contributed by atoms with Crippen molar-refractivity contribution in [1.29, 1.82) is 0 Å². The van der Waals surface area contributed by atoms with Gasteiger partial charge >= 0.3 is 0 Å². The lowest BCUT2D eigenvalue weighted by atomic mass is 9.96. The first-order valence-corrected chi connectivity index (χ1v) is 8.13. The second-order valence-corrected chi connectivity index (χ2v) is 5.99. The van der Waals surface area contributed by atoms with Crippen molar-refractivity contribution < 1.29 is 9.18 Å². The first-order valence-electron chi connectivity index (χ1n) is 8.13. The number of halogens is 1. The number of hydrogen-bond donors (Lipinski definition) is 1. The van der Waals surface area contributed by atoms with Crippen LogP contribution in [-0.2, 0) is 4.79 Å². The Morgan fingerprint density at radius 3 is 2.52 bits per heavy atom. The van der Waals surface area contributed by atoms with Gasteiger partial charge in [-0.1, -0.05) is 48.5 Å². The number of pyridine rings is 1. The third kappa shape index (κ3) is 3.74. The van der Waals surface area contributed by atoms with Crippen molar-refractivity contribution in [2.75, 3.05) is 5.32 Å². The summed E-state index contributed by atoms with van der Waals surface area (Å²) < 4.78 is 14.5. The topological polar surface area (TPSA) is 42.0 Å². The lowest BCUT2D eigenvalue weighted by Gasteiger charge is -2.14. The number of anilines is 1. The second-order valence-electron chi connectivity index (χ2n) is 5.99. The summed E-state index contributed by atoms with van der Waals surface area (Å²) in [5, 5.41) is 2.80. The summed E-state index contributed by atoms with van der Waals surface area (Å²) in [6, 6.07) is 18.0.